The van der Waals surface area contributed by atoms with Gasteiger partial charge in [-0.2, -0.15) is 0 Å². The highest BCUT2D eigenvalue weighted by molar-refractivity contribution is 7.99. The van der Waals surface area contributed by atoms with Crippen molar-refractivity contribution in [1.82, 2.24) is 10.6 Å². The van der Waals surface area contributed by atoms with Crippen LogP contribution in [-0.4, -0.2) is 58.2 Å². The molecule has 2 aromatic carbocycles. The Morgan fingerprint density at radius 1 is 1.13 bits per heavy atom. The Labute approximate surface area is 235 Å². The van der Waals surface area contributed by atoms with Gasteiger partial charge in [0.1, 0.15) is 23.4 Å². The van der Waals surface area contributed by atoms with Gasteiger partial charge in [0.15, 0.2) is 5.78 Å². The maximum absolute atomic E-state index is 14.0. The van der Waals surface area contributed by atoms with E-state index in [1.54, 1.807) is 20.8 Å². The second-order valence-electron chi connectivity index (χ2n) is 9.01. The summed E-state index contributed by atoms with van der Waals surface area (Å²) in [6, 6.07) is 6.16. The summed E-state index contributed by atoms with van der Waals surface area (Å²) >= 11 is 7.05. The van der Waals surface area contributed by atoms with Crippen molar-refractivity contribution in [2.75, 3.05) is 12.4 Å². The minimum absolute atomic E-state index is 0.0513. The predicted octanol–water partition coefficient (Wildman–Crippen LogP) is 3.73. The number of thioether (sulfide) groups is 1. The Kier molecular flexibility index (Phi) is 12.5. The number of nitrogens with one attached hydrogen (secondary N) is 2. The summed E-state index contributed by atoms with van der Waals surface area (Å²) in [7, 11) is 0. The van der Waals surface area contributed by atoms with Crippen LogP contribution in [0.1, 0.15) is 38.3 Å². The average molecular weight is 583 g/mol. The number of carboxylic acid groups (broad SMARTS) is 1. The molecule has 4 N–H and O–H groups in total. The topological polar surface area (TPSA) is 142 Å². The minimum atomic E-state index is -1.35. The molecule has 0 aliphatic rings. The zero-order valence-corrected chi connectivity index (χ0v) is 23.4. The number of aromatic hydroxyl groups is 1. The fourth-order valence-electron chi connectivity index (χ4n) is 3.64. The van der Waals surface area contributed by atoms with E-state index >= 15 is 0 Å². The van der Waals surface area contributed by atoms with Crippen LogP contribution >= 0.6 is 23.4 Å². The van der Waals surface area contributed by atoms with Gasteiger partial charge in [-0.25, -0.2) is 4.39 Å². The lowest BCUT2D eigenvalue weighted by Gasteiger charge is -2.25. The summed E-state index contributed by atoms with van der Waals surface area (Å²) < 4.78 is 19.5. The lowest BCUT2D eigenvalue weighted by atomic mass is 10.0. The summed E-state index contributed by atoms with van der Waals surface area (Å²) in [6.45, 7) is 5.50. The molecular weight excluding hydrogens is 551 g/mol. The summed E-state index contributed by atoms with van der Waals surface area (Å²) in [5.41, 5.74) is 0.640. The van der Waals surface area contributed by atoms with E-state index in [1.807, 2.05) is 0 Å². The van der Waals surface area contributed by atoms with E-state index in [1.165, 1.54) is 36.4 Å². The molecule has 0 radical (unpaired) electrons. The van der Waals surface area contributed by atoms with E-state index in [9.17, 15) is 33.8 Å². The smallest absolute Gasteiger partial charge is 0.305 e. The van der Waals surface area contributed by atoms with Gasteiger partial charge in [0.25, 0.3) is 0 Å². The number of phenols is 1. The van der Waals surface area contributed by atoms with Crippen LogP contribution < -0.4 is 15.4 Å². The molecule has 0 saturated heterocycles. The van der Waals surface area contributed by atoms with Crippen molar-refractivity contribution >= 4 is 46.9 Å². The highest BCUT2D eigenvalue weighted by atomic mass is 35.5. The molecule has 0 fully saturated rings. The van der Waals surface area contributed by atoms with Crippen LogP contribution in [0.3, 0.4) is 0 Å². The molecule has 212 valence electrons. The zero-order valence-electron chi connectivity index (χ0n) is 21.8. The van der Waals surface area contributed by atoms with Gasteiger partial charge >= 0.3 is 5.97 Å². The first-order valence-electron chi connectivity index (χ1n) is 12.2. The lowest BCUT2D eigenvalue weighted by molar-refractivity contribution is -0.140. The van der Waals surface area contributed by atoms with E-state index in [4.69, 9.17) is 16.3 Å². The van der Waals surface area contributed by atoms with Crippen molar-refractivity contribution in [2.45, 2.75) is 51.4 Å². The van der Waals surface area contributed by atoms with E-state index in [-0.39, 0.29) is 34.3 Å². The van der Waals surface area contributed by atoms with Crippen LogP contribution in [0.15, 0.2) is 36.4 Å². The maximum atomic E-state index is 14.0. The number of aliphatic carboxylic acids is 1. The van der Waals surface area contributed by atoms with Crippen LogP contribution in [0.25, 0.3) is 0 Å². The average Bonchev–Trinajstić information content (AvgIpc) is 2.85. The molecule has 0 bridgehead atoms. The summed E-state index contributed by atoms with van der Waals surface area (Å²) in [5.74, 6) is -3.80. The first kappa shape index (κ1) is 31.9. The molecule has 2 rings (SSSR count). The number of hydrogen-bond donors (Lipinski definition) is 4. The number of halogens is 2. The first-order chi connectivity index (χ1) is 18.4. The van der Waals surface area contributed by atoms with Crippen molar-refractivity contribution < 1.29 is 38.5 Å². The molecule has 0 aliphatic heterocycles. The van der Waals surface area contributed by atoms with Gasteiger partial charge in [-0.15, -0.1) is 11.8 Å². The van der Waals surface area contributed by atoms with Crippen molar-refractivity contribution in [1.29, 1.82) is 0 Å². The normalized spacial score (nSPS) is 12.5. The fourth-order valence-corrected chi connectivity index (χ4v) is 4.95. The van der Waals surface area contributed by atoms with Gasteiger partial charge in [-0.3, -0.25) is 19.2 Å². The van der Waals surface area contributed by atoms with E-state index in [2.05, 4.69) is 10.6 Å². The minimum Gasteiger partial charge on any atom is -0.508 e. The van der Waals surface area contributed by atoms with E-state index in [0.717, 1.165) is 11.8 Å². The highest BCUT2D eigenvalue weighted by Crippen LogP contribution is 2.25. The van der Waals surface area contributed by atoms with Crippen molar-refractivity contribution in [2.24, 2.45) is 5.92 Å². The number of phenolic OH excluding ortho intramolecular Hbond substituents is 1. The van der Waals surface area contributed by atoms with E-state index < -0.39 is 53.8 Å². The van der Waals surface area contributed by atoms with Gasteiger partial charge in [-0.1, -0.05) is 31.5 Å². The number of carbonyl (C=O) groups excluding carboxylic acids is 3. The van der Waals surface area contributed by atoms with Gasteiger partial charge < -0.3 is 25.6 Å². The molecule has 2 atom stereocenters. The zero-order chi connectivity index (χ0) is 29.1. The van der Waals surface area contributed by atoms with Gasteiger partial charge in [0.2, 0.25) is 11.8 Å². The number of carboxylic acids is 1. The third-order valence-electron chi connectivity index (χ3n) is 5.60. The molecule has 0 aliphatic carbocycles. The van der Waals surface area contributed by atoms with Gasteiger partial charge in [0.05, 0.1) is 31.2 Å². The largest absolute Gasteiger partial charge is 0.508 e. The van der Waals surface area contributed by atoms with Crippen LogP contribution in [0.2, 0.25) is 5.02 Å². The summed E-state index contributed by atoms with van der Waals surface area (Å²) in [6.07, 6.45) is -0.849. The molecule has 0 heterocycles. The van der Waals surface area contributed by atoms with Crippen molar-refractivity contribution in [3.05, 3.63) is 58.4 Å². The number of Topliss-reactive ketones (excluding diaryl/α,β-unsaturated/α-hetero) is 1. The Morgan fingerprint density at radius 3 is 2.46 bits per heavy atom. The Balaban J connectivity index is 2.07. The molecule has 2 amide bonds. The third kappa shape index (κ3) is 10.1. The molecule has 0 aromatic heterocycles. The Bertz CT molecular complexity index is 1170. The van der Waals surface area contributed by atoms with Gasteiger partial charge in [-0.05, 0) is 43.2 Å². The maximum Gasteiger partial charge on any atom is 0.305 e. The van der Waals surface area contributed by atoms with Crippen LogP contribution in [0, 0.1) is 11.7 Å². The SMILES string of the molecule is CCOc1ccc(O)cc1CC(=O)N[C@H](C(=O)NC(CC(=O)O)C(=O)CSCc1c(F)cccc1Cl)C(C)C. The number of ketones is 1. The Morgan fingerprint density at radius 2 is 1.85 bits per heavy atom. The van der Waals surface area contributed by atoms with Crippen molar-refractivity contribution in [3.63, 3.8) is 0 Å². The van der Waals surface area contributed by atoms with E-state index in [0.29, 0.717) is 17.9 Å². The summed E-state index contributed by atoms with van der Waals surface area (Å²) in [5, 5.41) is 24.4. The summed E-state index contributed by atoms with van der Waals surface area (Å²) in [4.78, 5) is 50.1. The highest BCUT2D eigenvalue weighted by Gasteiger charge is 2.30. The number of amides is 2. The Hall–Kier alpha value is -3.31. The van der Waals surface area contributed by atoms with Crippen LogP contribution in [0.5, 0.6) is 11.5 Å². The fraction of sp³-hybridized carbons (Fsp3) is 0.407. The third-order valence-corrected chi connectivity index (χ3v) is 6.93. The number of benzene rings is 2. The standard InChI is InChI=1S/C27H32ClFN2O7S/c1-4-38-23-9-8-17(32)10-16(23)11-24(34)31-26(15(2)3)27(37)30-21(12-25(35)36)22(33)14-39-13-18-19(28)6-5-7-20(18)29/h5-10,15,21,26,32H,4,11-14H2,1-3H3,(H,30,37)(H,31,34)(H,35,36)/t21?,26-/m0/s1. The number of ether oxygens (including phenoxy) is 1. The molecule has 2 aromatic rings. The molecule has 0 saturated carbocycles. The number of carbonyl (C=O) groups is 4. The number of hydrogen-bond acceptors (Lipinski definition) is 7. The lowest BCUT2D eigenvalue weighted by Crippen LogP contribution is -2.54. The second kappa shape index (κ2) is 15.3. The predicted molar refractivity (Wildman–Crippen MR) is 147 cm³/mol. The molecule has 9 nitrogen and oxygen atoms in total. The quantitative estimate of drug-likeness (QED) is 0.249. The first-order valence-corrected chi connectivity index (χ1v) is 13.8. The molecule has 12 heteroatoms. The molecule has 39 heavy (non-hydrogen) atoms. The monoisotopic (exact) mass is 582 g/mol. The van der Waals surface area contributed by atoms with Crippen LogP contribution in [0.4, 0.5) is 4.39 Å². The molecule has 0 spiro atoms. The van der Waals surface area contributed by atoms with Crippen molar-refractivity contribution in [3.8, 4) is 11.5 Å². The van der Waals surface area contributed by atoms with Gasteiger partial charge in [0, 0.05) is 21.9 Å². The molecular formula is C27H32ClFN2O7S. The number of rotatable bonds is 15. The molecule has 1 unspecified atom stereocenters. The van der Waals surface area contributed by atoms with Crippen LogP contribution in [-0.2, 0) is 31.4 Å². The second-order valence-corrected chi connectivity index (χ2v) is 10.4.